The number of benzene rings is 2. The van der Waals surface area contributed by atoms with Crippen molar-refractivity contribution >= 4 is 0 Å². The van der Waals surface area contributed by atoms with Gasteiger partial charge in [-0.05, 0) is 44.4 Å². The van der Waals surface area contributed by atoms with E-state index in [0.717, 1.165) is 24.3 Å². The van der Waals surface area contributed by atoms with Crippen LogP contribution in [0.4, 0.5) is 0 Å². The molecule has 3 rings (SSSR count). The molecule has 0 aromatic heterocycles. The molecule has 1 aliphatic rings. The molecule has 1 aliphatic heterocycles. The Hall–Kier alpha value is -2.08. The van der Waals surface area contributed by atoms with E-state index in [2.05, 4.69) is 48.7 Å². The normalized spacial score (nSPS) is 19.0. The predicted molar refractivity (Wildman–Crippen MR) is 112 cm³/mol. The van der Waals surface area contributed by atoms with Gasteiger partial charge in [-0.15, -0.1) is 0 Å². The van der Waals surface area contributed by atoms with Crippen molar-refractivity contribution in [3.8, 4) is 11.5 Å². The Balaban J connectivity index is 1.32. The number of ether oxygens (including phenoxy) is 2. The zero-order valence-electron chi connectivity index (χ0n) is 16.8. The number of rotatable bonds is 10. The number of hydrogen-bond acceptors (Lipinski definition) is 5. The highest BCUT2D eigenvalue weighted by Crippen LogP contribution is 2.31. The number of hydrogen-bond donors (Lipinski definition) is 3. The molecule has 0 unspecified atom stereocenters. The molecule has 0 aliphatic carbocycles. The lowest BCUT2D eigenvalue weighted by Gasteiger charge is -2.31. The van der Waals surface area contributed by atoms with Gasteiger partial charge in [0.1, 0.15) is 12.7 Å². The van der Waals surface area contributed by atoms with Crippen LogP contribution in [0.2, 0.25) is 0 Å². The van der Waals surface area contributed by atoms with E-state index in [0.29, 0.717) is 25.7 Å². The van der Waals surface area contributed by atoms with Gasteiger partial charge in [-0.3, -0.25) is 0 Å². The fourth-order valence-electron chi connectivity index (χ4n) is 3.27. The molecule has 0 saturated carbocycles. The average Bonchev–Trinajstić information content (AvgIpc) is 2.75. The molecule has 2 aromatic rings. The van der Waals surface area contributed by atoms with Crippen molar-refractivity contribution in [3.05, 3.63) is 60.2 Å². The van der Waals surface area contributed by atoms with E-state index in [1.807, 2.05) is 30.3 Å². The highest BCUT2D eigenvalue weighted by Gasteiger charge is 2.26. The average molecular weight is 385 g/mol. The number of para-hydroxylation sites is 2. The van der Waals surface area contributed by atoms with Crippen molar-refractivity contribution in [2.75, 3.05) is 19.7 Å². The molecule has 5 nitrogen and oxygen atoms in total. The predicted octanol–water partition coefficient (Wildman–Crippen LogP) is 2.78. The number of aliphatic hydroxyl groups is 1. The Kier molecular flexibility index (Phi) is 7.71. The van der Waals surface area contributed by atoms with E-state index < -0.39 is 6.10 Å². The summed E-state index contributed by atoms with van der Waals surface area (Å²) < 4.78 is 11.8. The Labute approximate surface area is 168 Å². The van der Waals surface area contributed by atoms with E-state index in [1.54, 1.807) is 0 Å². The van der Waals surface area contributed by atoms with Crippen molar-refractivity contribution in [2.45, 2.75) is 51.0 Å². The van der Waals surface area contributed by atoms with Gasteiger partial charge < -0.3 is 25.2 Å². The third-order valence-electron chi connectivity index (χ3n) is 5.17. The summed E-state index contributed by atoms with van der Waals surface area (Å²) in [5.74, 6) is 1.57. The van der Waals surface area contributed by atoms with Crippen LogP contribution in [0.5, 0.6) is 11.5 Å². The van der Waals surface area contributed by atoms with Crippen LogP contribution in [0.1, 0.15) is 25.8 Å². The molecule has 3 N–H and O–H groups in total. The molecule has 0 spiro atoms. The Morgan fingerprint density at radius 1 is 0.964 bits per heavy atom. The molecule has 0 amide bonds. The summed E-state index contributed by atoms with van der Waals surface area (Å²) in [5.41, 5.74) is 1.35. The zero-order valence-corrected chi connectivity index (χ0v) is 16.8. The van der Waals surface area contributed by atoms with Crippen LogP contribution in [0.3, 0.4) is 0 Å². The second-order valence-corrected chi connectivity index (χ2v) is 7.60. The maximum atomic E-state index is 10.3. The number of fused-ring (bicyclic) bond motifs is 1. The topological polar surface area (TPSA) is 62.8 Å². The van der Waals surface area contributed by atoms with Crippen LogP contribution in [0.15, 0.2) is 54.6 Å². The molecule has 1 heterocycles. The third kappa shape index (κ3) is 6.23. The van der Waals surface area contributed by atoms with Crippen LogP contribution in [0, 0.1) is 0 Å². The lowest BCUT2D eigenvalue weighted by molar-refractivity contribution is 0.0611. The fourth-order valence-corrected chi connectivity index (χ4v) is 3.27. The van der Waals surface area contributed by atoms with Crippen LogP contribution in [0.25, 0.3) is 0 Å². The molecule has 0 saturated heterocycles. The first-order chi connectivity index (χ1) is 13.6. The molecular formula is C23H32N2O3. The molecule has 0 bridgehead atoms. The van der Waals surface area contributed by atoms with Gasteiger partial charge in [-0.25, -0.2) is 0 Å². The second kappa shape index (κ2) is 10.5. The van der Waals surface area contributed by atoms with Gasteiger partial charge in [0.25, 0.3) is 0 Å². The van der Waals surface area contributed by atoms with Gasteiger partial charge in [-0.2, -0.15) is 0 Å². The van der Waals surface area contributed by atoms with E-state index in [4.69, 9.17) is 9.47 Å². The maximum Gasteiger partial charge on any atom is 0.161 e. The highest BCUT2D eigenvalue weighted by molar-refractivity contribution is 5.40. The molecule has 0 radical (unpaired) electrons. The number of aryl methyl sites for hydroxylation is 1. The van der Waals surface area contributed by atoms with Crippen molar-refractivity contribution in [2.24, 2.45) is 0 Å². The Bertz CT molecular complexity index is 710. The van der Waals surface area contributed by atoms with Gasteiger partial charge in [0, 0.05) is 25.2 Å². The summed E-state index contributed by atoms with van der Waals surface area (Å²) in [6, 6.07) is 18.7. The first kappa shape index (κ1) is 20.6. The third-order valence-corrected chi connectivity index (χ3v) is 5.17. The SMILES string of the molecule is C[C@H](CCc1ccccc1)NC[C@@H](O)CN[C@@H](C)[C@@H]1COc2ccccc2O1. The standard InChI is InChI=1S/C23H32N2O3/c1-17(12-13-19-8-4-3-5-9-19)24-14-20(26)15-25-18(2)23-16-27-21-10-6-7-11-22(21)28-23/h3-11,17-18,20,23-26H,12-16H2,1-2H3/t17-,18+,20-,23+/m1/s1. The molecule has 2 aromatic carbocycles. The molecule has 5 heteroatoms. The quantitative estimate of drug-likeness (QED) is 0.588. The molecular weight excluding hydrogens is 352 g/mol. The lowest BCUT2D eigenvalue weighted by Crippen LogP contribution is -2.49. The van der Waals surface area contributed by atoms with Crippen LogP contribution >= 0.6 is 0 Å². The second-order valence-electron chi connectivity index (χ2n) is 7.60. The fraction of sp³-hybridized carbons (Fsp3) is 0.478. The Morgan fingerprint density at radius 3 is 2.43 bits per heavy atom. The molecule has 28 heavy (non-hydrogen) atoms. The number of nitrogens with one attached hydrogen (secondary N) is 2. The molecule has 0 fully saturated rings. The van der Waals surface area contributed by atoms with Crippen molar-refractivity contribution in [3.63, 3.8) is 0 Å². The largest absolute Gasteiger partial charge is 0.486 e. The summed E-state index contributed by atoms with van der Waals surface area (Å²) in [6.07, 6.45) is 1.58. The highest BCUT2D eigenvalue weighted by atomic mass is 16.6. The summed E-state index contributed by atoms with van der Waals surface area (Å²) in [5, 5.41) is 17.1. The van der Waals surface area contributed by atoms with E-state index in [-0.39, 0.29) is 12.1 Å². The smallest absolute Gasteiger partial charge is 0.161 e. The summed E-state index contributed by atoms with van der Waals surface area (Å²) in [6.45, 7) is 5.82. The monoisotopic (exact) mass is 384 g/mol. The van der Waals surface area contributed by atoms with Gasteiger partial charge in [-0.1, -0.05) is 42.5 Å². The Morgan fingerprint density at radius 2 is 1.64 bits per heavy atom. The summed E-state index contributed by atoms with van der Waals surface area (Å²) >= 11 is 0. The minimum absolute atomic E-state index is 0.0696. The summed E-state index contributed by atoms with van der Waals surface area (Å²) in [4.78, 5) is 0. The minimum Gasteiger partial charge on any atom is -0.486 e. The van der Waals surface area contributed by atoms with Crippen LogP contribution < -0.4 is 20.1 Å². The first-order valence-electron chi connectivity index (χ1n) is 10.2. The molecule has 152 valence electrons. The zero-order chi connectivity index (χ0) is 19.8. The van der Waals surface area contributed by atoms with E-state index in [1.165, 1.54) is 5.56 Å². The van der Waals surface area contributed by atoms with Crippen molar-refractivity contribution < 1.29 is 14.6 Å². The van der Waals surface area contributed by atoms with E-state index in [9.17, 15) is 5.11 Å². The first-order valence-corrected chi connectivity index (χ1v) is 10.2. The number of aliphatic hydroxyl groups excluding tert-OH is 1. The van der Waals surface area contributed by atoms with E-state index >= 15 is 0 Å². The van der Waals surface area contributed by atoms with Crippen molar-refractivity contribution in [1.82, 2.24) is 10.6 Å². The summed E-state index contributed by atoms with van der Waals surface area (Å²) in [7, 11) is 0. The van der Waals surface area contributed by atoms with Gasteiger partial charge >= 0.3 is 0 Å². The van der Waals surface area contributed by atoms with Crippen LogP contribution in [-0.4, -0.2) is 49.1 Å². The molecule has 4 atom stereocenters. The minimum atomic E-state index is -0.446. The van der Waals surface area contributed by atoms with Gasteiger partial charge in [0.2, 0.25) is 0 Å². The van der Waals surface area contributed by atoms with Gasteiger partial charge in [0.05, 0.1) is 6.10 Å². The lowest BCUT2D eigenvalue weighted by atomic mass is 10.1. The van der Waals surface area contributed by atoms with Crippen molar-refractivity contribution in [1.29, 1.82) is 0 Å². The van der Waals surface area contributed by atoms with Crippen LogP contribution in [-0.2, 0) is 6.42 Å². The maximum absolute atomic E-state index is 10.3. The van der Waals surface area contributed by atoms with Gasteiger partial charge in [0.15, 0.2) is 11.5 Å².